The van der Waals surface area contributed by atoms with Crippen LogP contribution < -0.4 is 11.1 Å². The van der Waals surface area contributed by atoms with Gasteiger partial charge in [0.15, 0.2) is 5.69 Å². The van der Waals surface area contributed by atoms with E-state index in [2.05, 4.69) is 25.7 Å². The van der Waals surface area contributed by atoms with E-state index in [-0.39, 0.29) is 11.6 Å². The number of carbonyl (C=O) groups excluding carboxylic acids is 1. The summed E-state index contributed by atoms with van der Waals surface area (Å²) < 4.78 is 0. The number of nitrogens with zero attached hydrogens (tertiary/aromatic N) is 3. The predicted octanol–water partition coefficient (Wildman–Crippen LogP) is 0.274. The van der Waals surface area contributed by atoms with Crippen LogP contribution in [0.1, 0.15) is 28.8 Å². The molecule has 1 amide bonds. The number of hydrogen-bond donors (Lipinski definition) is 3. The van der Waals surface area contributed by atoms with Crippen molar-refractivity contribution in [1.82, 2.24) is 25.7 Å². The van der Waals surface area contributed by atoms with Gasteiger partial charge < -0.3 is 11.1 Å². The molecule has 0 bridgehead atoms. The smallest absolute Gasteiger partial charge is 0.274 e. The molecule has 7 nitrogen and oxygen atoms in total. The summed E-state index contributed by atoms with van der Waals surface area (Å²) in [7, 11) is 0. The average Bonchev–Trinajstić information content (AvgIpc) is 2.78. The molecule has 0 fully saturated rings. The van der Waals surface area contributed by atoms with E-state index >= 15 is 0 Å². The number of nitrogens with one attached hydrogen (secondary N) is 2. The van der Waals surface area contributed by atoms with Gasteiger partial charge in [-0.1, -0.05) is 6.92 Å². The van der Waals surface area contributed by atoms with Crippen LogP contribution in [0.5, 0.6) is 0 Å². The summed E-state index contributed by atoms with van der Waals surface area (Å²) in [5.74, 6) is -0.325. The van der Waals surface area contributed by atoms with Gasteiger partial charge in [-0.2, -0.15) is 15.3 Å². The molecular weight excluding hydrogens is 232 g/mol. The molecule has 7 heteroatoms. The molecule has 0 aliphatic carbocycles. The van der Waals surface area contributed by atoms with Gasteiger partial charge in [-0.05, 0) is 18.6 Å². The lowest BCUT2D eigenvalue weighted by Gasteiger charge is -2.02. The van der Waals surface area contributed by atoms with Crippen LogP contribution >= 0.6 is 0 Å². The normalized spacial score (nSPS) is 10.3. The number of H-pyrrole nitrogens is 1. The maximum Gasteiger partial charge on any atom is 0.274 e. The Morgan fingerprint density at radius 3 is 3.00 bits per heavy atom. The third kappa shape index (κ3) is 2.45. The van der Waals surface area contributed by atoms with Gasteiger partial charge in [0.1, 0.15) is 0 Å². The highest BCUT2D eigenvalue weighted by molar-refractivity contribution is 5.97. The Kier molecular flexibility index (Phi) is 3.52. The van der Waals surface area contributed by atoms with E-state index in [1.54, 1.807) is 18.3 Å². The van der Waals surface area contributed by atoms with Crippen LogP contribution in [0.2, 0.25) is 0 Å². The SMILES string of the molecule is CCc1[nH]nc(C(=O)NCc2cccnn2)c1N. The van der Waals surface area contributed by atoms with Crippen molar-refractivity contribution in [3.8, 4) is 0 Å². The molecule has 0 saturated heterocycles. The summed E-state index contributed by atoms with van der Waals surface area (Å²) >= 11 is 0. The van der Waals surface area contributed by atoms with Crippen LogP contribution in [-0.4, -0.2) is 26.3 Å². The lowest BCUT2D eigenvalue weighted by molar-refractivity contribution is 0.0946. The highest BCUT2D eigenvalue weighted by Crippen LogP contribution is 2.13. The van der Waals surface area contributed by atoms with Gasteiger partial charge in [-0.25, -0.2) is 0 Å². The molecule has 2 heterocycles. The number of amides is 1. The minimum absolute atomic E-state index is 0.218. The molecule has 2 aromatic rings. The number of hydrogen-bond acceptors (Lipinski definition) is 5. The van der Waals surface area contributed by atoms with E-state index < -0.39 is 0 Å². The van der Waals surface area contributed by atoms with Crippen molar-refractivity contribution in [2.24, 2.45) is 0 Å². The summed E-state index contributed by atoms with van der Waals surface area (Å²) in [4.78, 5) is 11.8. The highest BCUT2D eigenvalue weighted by Gasteiger charge is 2.15. The standard InChI is InChI=1S/C11H14N6O/c1-2-8-9(12)10(17-16-8)11(18)13-6-7-4-3-5-14-15-7/h3-5H,2,6,12H2,1H3,(H,13,18)(H,16,17). The van der Waals surface area contributed by atoms with E-state index in [4.69, 9.17) is 5.73 Å². The molecule has 0 aromatic carbocycles. The first-order valence-electron chi connectivity index (χ1n) is 5.59. The van der Waals surface area contributed by atoms with Crippen molar-refractivity contribution in [1.29, 1.82) is 0 Å². The van der Waals surface area contributed by atoms with E-state index in [1.807, 2.05) is 6.92 Å². The third-order valence-electron chi connectivity index (χ3n) is 2.51. The Morgan fingerprint density at radius 2 is 2.39 bits per heavy atom. The quantitative estimate of drug-likeness (QED) is 0.717. The van der Waals surface area contributed by atoms with Crippen LogP contribution in [0.4, 0.5) is 5.69 Å². The van der Waals surface area contributed by atoms with Crippen LogP contribution in [0, 0.1) is 0 Å². The monoisotopic (exact) mass is 246 g/mol. The molecule has 2 aromatic heterocycles. The van der Waals surface area contributed by atoms with Gasteiger partial charge in [-0.3, -0.25) is 9.89 Å². The van der Waals surface area contributed by atoms with Gasteiger partial charge >= 0.3 is 0 Å². The number of aryl methyl sites for hydroxylation is 1. The largest absolute Gasteiger partial charge is 0.395 e. The molecule has 0 aliphatic heterocycles. The molecule has 0 spiro atoms. The summed E-state index contributed by atoms with van der Waals surface area (Å²) in [5.41, 5.74) is 7.86. The Labute approximate surface area is 104 Å². The van der Waals surface area contributed by atoms with Crippen molar-refractivity contribution in [2.75, 3.05) is 5.73 Å². The molecule has 94 valence electrons. The van der Waals surface area contributed by atoms with Crippen molar-refractivity contribution in [3.05, 3.63) is 35.4 Å². The first kappa shape index (κ1) is 12.0. The second-order valence-electron chi connectivity index (χ2n) is 3.72. The first-order chi connectivity index (χ1) is 8.72. The number of nitrogen functional groups attached to an aromatic ring is 1. The number of nitrogens with two attached hydrogens (primary N) is 1. The minimum Gasteiger partial charge on any atom is -0.395 e. The molecule has 18 heavy (non-hydrogen) atoms. The van der Waals surface area contributed by atoms with Crippen molar-refractivity contribution < 1.29 is 4.79 Å². The Balaban J connectivity index is 2.02. The van der Waals surface area contributed by atoms with E-state index in [0.717, 1.165) is 5.69 Å². The zero-order valence-electron chi connectivity index (χ0n) is 9.97. The van der Waals surface area contributed by atoms with Crippen molar-refractivity contribution in [2.45, 2.75) is 19.9 Å². The number of anilines is 1. The number of carbonyl (C=O) groups is 1. The summed E-state index contributed by atoms with van der Waals surface area (Å²) in [6, 6.07) is 3.53. The fourth-order valence-electron chi connectivity index (χ4n) is 1.51. The summed E-state index contributed by atoms with van der Waals surface area (Å²) in [6.07, 6.45) is 2.28. The molecule has 0 saturated carbocycles. The summed E-state index contributed by atoms with van der Waals surface area (Å²) in [5, 5.41) is 16.9. The number of aromatic nitrogens is 4. The Hall–Kier alpha value is -2.44. The second kappa shape index (κ2) is 5.26. The molecule has 0 radical (unpaired) electrons. The molecule has 0 unspecified atom stereocenters. The maximum absolute atomic E-state index is 11.8. The average molecular weight is 246 g/mol. The van der Waals surface area contributed by atoms with E-state index in [0.29, 0.717) is 24.3 Å². The minimum atomic E-state index is -0.325. The fraction of sp³-hybridized carbons (Fsp3) is 0.273. The molecule has 0 aliphatic rings. The first-order valence-corrected chi connectivity index (χ1v) is 5.59. The van der Waals surface area contributed by atoms with Crippen LogP contribution in [0.3, 0.4) is 0 Å². The predicted molar refractivity (Wildman–Crippen MR) is 65.6 cm³/mol. The lowest BCUT2D eigenvalue weighted by atomic mass is 10.2. The molecule has 4 N–H and O–H groups in total. The van der Waals surface area contributed by atoms with Crippen LogP contribution in [-0.2, 0) is 13.0 Å². The van der Waals surface area contributed by atoms with E-state index in [9.17, 15) is 4.79 Å². The van der Waals surface area contributed by atoms with E-state index in [1.165, 1.54) is 0 Å². The van der Waals surface area contributed by atoms with Crippen LogP contribution in [0.25, 0.3) is 0 Å². The zero-order chi connectivity index (χ0) is 13.0. The lowest BCUT2D eigenvalue weighted by Crippen LogP contribution is -2.24. The molecule has 2 rings (SSSR count). The summed E-state index contributed by atoms with van der Waals surface area (Å²) in [6.45, 7) is 2.23. The number of rotatable bonds is 4. The Bertz CT molecular complexity index is 536. The Morgan fingerprint density at radius 1 is 1.56 bits per heavy atom. The molecule has 0 atom stereocenters. The number of aromatic amines is 1. The van der Waals surface area contributed by atoms with Gasteiger partial charge in [0.2, 0.25) is 0 Å². The van der Waals surface area contributed by atoms with Crippen molar-refractivity contribution in [3.63, 3.8) is 0 Å². The fourth-order valence-corrected chi connectivity index (χ4v) is 1.51. The maximum atomic E-state index is 11.8. The second-order valence-corrected chi connectivity index (χ2v) is 3.72. The highest BCUT2D eigenvalue weighted by atomic mass is 16.1. The molecular formula is C11H14N6O. The zero-order valence-corrected chi connectivity index (χ0v) is 9.97. The van der Waals surface area contributed by atoms with Crippen LogP contribution in [0.15, 0.2) is 18.3 Å². The topological polar surface area (TPSA) is 110 Å². The van der Waals surface area contributed by atoms with Crippen molar-refractivity contribution >= 4 is 11.6 Å². The van der Waals surface area contributed by atoms with Gasteiger partial charge in [-0.15, -0.1) is 0 Å². The van der Waals surface area contributed by atoms with Gasteiger partial charge in [0, 0.05) is 6.20 Å². The third-order valence-corrected chi connectivity index (χ3v) is 2.51. The van der Waals surface area contributed by atoms with Gasteiger partial charge in [0.25, 0.3) is 5.91 Å². The van der Waals surface area contributed by atoms with Gasteiger partial charge in [0.05, 0.1) is 23.6 Å².